The van der Waals surface area contributed by atoms with Crippen LogP contribution in [-0.2, 0) is 11.3 Å². The third-order valence-electron chi connectivity index (χ3n) is 4.19. The number of hydrogen-bond donors (Lipinski definition) is 0. The standard InChI is InChI=1S/C18H24N2O2S2/c1-12(2)17-19-13(3)16(24-17)18(21)20(9-14-6-8-23-11-14)10-15-5-4-7-22-15/h6,8,11-12,15H,4-5,7,9-10H2,1-3H3. The smallest absolute Gasteiger partial charge is 0.266 e. The Morgan fingerprint density at radius 3 is 2.92 bits per heavy atom. The van der Waals surface area contributed by atoms with Crippen molar-refractivity contribution in [2.75, 3.05) is 13.2 Å². The van der Waals surface area contributed by atoms with Crippen LogP contribution in [-0.4, -0.2) is 35.0 Å². The van der Waals surface area contributed by atoms with E-state index in [1.165, 1.54) is 16.9 Å². The van der Waals surface area contributed by atoms with Gasteiger partial charge in [-0.25, -0.2) is 4.98 Å². The lowest BCUT2D eigenvalue weighted by Gasteiger charge is -2.25. The van der Waals surface area contributed by atoms with Crippen LogP contribution in [0, 0.1) is 6.92 Å². The summed E-state index contributed by atoms with van der Waals surface area (Å²) in [6, 6.07) is 2.08. The minimum Gasteiger partial charge on any atom is -0.376 e. The van der Waals surface area contributed by atoms with Crippen LogP contribution in [0.2, 0.25) is 0 Å². The van der Waals surface area contributed by atoms with E-state index in [1.807, 2.05) is 11.8 Å². The molecule has 0 aliphatic carbocycles. The Kier molecular flexibility index (Phi) is 5.69. The first-order valence-corrected chi connectivity index (χ1v) is 10.2. The summed E-state index contributed by atoms with van der Waals surface area (Å²) in [5.74, 6) is 0.428. The molecule has 0 radical (unpaired) electrons. The van der Waals surface area contributed by atoms with Crippen molar-refractivity contribution >= 4 is 28.6 Å². The molecule has 1 unspecified atom stereocenters. The minimum absolute atomic E-state index is 0.0820. The second-order valence-corrected chi connectivity index (χ2v) is 8.38. The molecule has 0 aromatic carbocycles. The van der Waals surface area contributed by atoms with Crippen molar-refractivity contribution in [1.82, 2.24) is 9.88 Å². The molecule has 0 saturated carbocycles. The molecule has 1 amide bonds. The van der Waals surface area contributed by atoms with Gasteiger partial charge in [0.2, 0.25) is 0 Å². The molecule has 0 bridgehead atoms. The summed E-state index contributed by atoms with van der Waals surface area (Å²) < 4.78 is 5.76. The molecule has 24 heavy (non-hydrogen) atoms. The SMILES string of the molecule is Cc1nc(C(C)C)sc1C(=O)N(Cc1ccsc1)CC1CCCO1. The van der Waals surface area contributed by atoms with Crippen LogP contribution in [0.4, 0.5) is 0 Å². The van der Waals surface area contributed by atoms with Gasteiger partial charge in [0.25, 0.3) is 5.91 Å². The maximum atomic E-state index is 13.2. The Hall–Kier alpha value is -1.24. The number of rotatable bonds is 6. The maximum absolute atomic E-state index is 13.2. The summed E-state index contributed by atoms with van der Waals surface area (Å²) in [5, 5.41) is 5.19. The molecule has 3 heterocycles. The number of carbonyl (C=O) groups is 1. The van der Waals surface area contributed by atoms with Gasteiger partial charge in [-0.1, -0.05) is 13.8 Å². The predicted molar refractivity (Wildman–Crippen MR) is 99.0 cm³/mol. The largest absolute Gasteiger partial charge is 0.376 e. The van der Waals surface area contributed by atoms with E-state index in [-0.39, 0.29) is 12.0 Å². The Bertz CT molecular complexity index is 673. The summed E-state index contributed by atoms with van der Waals surface area (Å²) in [6.45, 7) is 8.26. The van der Waals surface area contributed by atoms with E-state index in [0.29, 0.717) is 19.0 Å². The van der Waals surface area contributed by atoms with Gasteiger partial charge >= 0.3 is 0 Å². The number of aromatic nitrogens is 1. The quantitative estimate of drug-likeness (QED) is 0.760. The van der Waals surface area contributed by atoms with Gasteiger partial charge in [0.05, 0.1) is 16.8 Å². The van der Waals surface area contributed by atoms with Crippen LogP contribution in [0.3, 0.4) is 0 Å². The average molecular weight is 365 g/mol. The molecule has 4 nitrogen and oxygen atoms in total. The second kappa shape index (κ2) is 7.76. The van der Waals surface area contributed by atoms with E-state index in [4.69, 9.17) is 4.74 Å². The zero-order valence-corrected chi connectivity index (χ0v) is 16.1. The van der Waals surface area contributed by atoms with Gasteiger partial charge in [0.1, 0.15) is 4.88 Å². The average Bonchev–Trinajstić information content (AvgIpc) is 3.27. The topological polar surface area (TPSA) is 42.4 Å². The van der Waals surface area contributed by atoms with Gasteiger partial charge in [-0.2, -0.15) is 11.3 Å². The number of amides is 1. The number of carbonyl (C=O) groups excluding carboxylic acids is 1. The van der Waals surface area contributed by atoms with Crippen molar-refractivity contribution in [3.8, 4) is 0 Å². The normalized spacial score (nSPS) is 17.6. The summed E-state index contributed by atoms with van der Waals surface area (Å²) in [5.41, 5.74) is 2.02. The fourth-order valence-electron chi connectivity index (χ4n) is 2.86. The van der Waals surface area contributed by atoms with Crippen LogP contribution in [0.25, 0.3) is 0 Å². The minimum atomic E-state index is 0.0820. The fraction of sp³-hybridized carbons (Fsp3) is 0.556. The highest BCUT2D eigenvalue weighted by Crippen LogP contribution is 2.27. The highest BCUT2D eigenvalue weighted by Gasteiger charge is 2.26. The summed E-state index contributed by atoms with van der Waals surface area (Å²) in [7, 11) is 0. The van der Waals surface area contributed by atoms with Crippen molar-refractivity contribution in [1.29, 1.82) is 0 Å². The van der Waals surface area contributed by atoms with Gasteiger partial charge < -0.3 is 9.64 Å². The zero-order chi connectivity index (χ0) is 17.1. The van der Waals surface area contributed by atoms with Crippen LogP contribution in [0.5, 0.6) is 0 Å². The lowest BCUT2D eigenvalue weighted by molar-refractivity contribution is 0.0510. The Morgan fingerprint density at radius 1 is 1.50 bits per heavy atom. The molecule has 1 atom stereocenters. The number of thiophene rings is 1. The molecular weight excluding hydrogens is 340 g/mol. The van der Waals surface area contributed by atoms with Crippen molar-refractivity contribution in [3.05, 3.63) is 38.0 Å². The van der Waals surface area contributed by atoms with Gasteiger partial charge in [-0.05, 0) is 42.2 Å². The van der Waals surface area contributed by atoms with Gasteiger partial charge in [0, 0.05) is 25.6 Å². The number of aryl methyl sites for hydroxylation is 1. The summed E-state index contributed by atoms with van der Waals surface area (Å²) >= 11 is 3.20. The first kappa shape index (κ1) is 17.6. The number of thiazole rings is 1. The molecule has 1 saturated heterocycles. The van der Waals surface area contributed by atoms with E-state index in [9.17, 15) is 4.79 Å². The number of ether oxygens (including phenoxy) is 1. The van der Waals surface area contributed by atoms with Crippen LogP contribution >= 0.6 is 22.7 Å². The zero-order valence-electron chi connectivity index (χ0n) is 14.4. The lowest BCUT2D eigenvalue weighted by Crippen LogP contribution is -2.36. The molecule has 0 spiro atoms. The molecule has 6 heteroatoms. The monoisotopic (exact) mass is 364 g/mol. The number of hydrogen-bond acceptors (Lipinski definition) is 5. The van der Waals surface area contributed by atoms with Crippen molar-refractivity contribution < 1.29 is 9.53 Å². The third kappa shape index (κ3) is 4.05. The Morgan fingerprint density at radius 2 is 2.33 bits per heavy atom. The van der Waals surface area contributed by atoms with Gasteiger partial charge in [-0.3, -0.25) is 4.79 Å². The first-order chi connectivity index (χ1) is 11.5. The molecule has 2 aromatic heterocycles. The van der Waals surface area contributed by atoms with Crippen molar-refractivity contribution in [2.24, 2.45) is 0 Å². The van der Waals surface area contributed by atoms with Crippen molar-refractivity contribution in [2.45, 2.75) is 52.2 Å². The fourth-order valence-corrected chi connectivity index (χ4v) is 4.56. The van der Waals surface area contributed by atoms with E-state index in [2.05, 4.69) is 35.7 Å². The van der Waals surface area contributed by atoms with Crippen molar-refractivity contribution in [3.63, 3.8) is 0 Å². The van der Waals surface area contributed by atoms with E-state index in [1.54, 1.807) is 11.3 Å². The maximum Gasteiger partial charge on any atom is 0.266 e. The summed E-state index contributed by atoms with van der Waals surface area (Å²) in [6.07, 6.45) is 2.28. The van der Waals surface area contributed by atoms with E-state index in [0.717, 1.165) is 35.0 Å². The predicted octanol–water partition coefficient (Wildman–Crippen LogP) is 4.46. The second-order valence-electron chi connectivity index (χ2n) is 6.57. The highest BCUT2D eigenvalue weighted by molar-refractivity contribution is 7.13. The van der Waals surface area contributed by atoms with Gasteiger partial charge in [-0.15, -0.1) is 11.3 Å². The first-order valence-electron chi connectivity index (χ1n) is 8.44. The molecule has 3 rings (SSSR count). The molecule has 2 aromatic rings. The third-order valence-corrected chi connectivity index (χ3v) is 6.37. The Balaban J connectivity index is 1.81. The van der Waals surface area contributed by atoms with Crippen LogP contribution in [0.1, 0.15) is 58.5 Å². The molecule has 1 aliphatic heterocycles. The van der Waals surface area contributed by atoms with Gasteiger partial charge in [0.15, 0.2) is 0 Å². The van der Waals surface area contributed by atoms with Crippen LogP contribution in [0.15, 0.2) is 16.8 Å². The molecule has 130 valence electrons. The molecule has 1 fully saturated rings. The number of nitrogens with zero attached hydrogens (tertiary/aromatic N) is 2. The highest BCUT2D eigenvalue weighted by atomic mass is 32.1. The van der Waals surface area contributed by atoms with Crippen LogP contribution < -0.4 is 0 Å². The lowest BCUT2D eigenvalue weighted by atomic mass is 10.2. The Labute approximate surface area is 151 Å². The molecule has 1 aliphatic rings. The molecular formula is C18H24N2O2S2. The molecule has 0 N–H and O–H groups in total. The van der Waals surface area contributed by atoms with E-state index >= 15 is 0 Å². The van der Waals surface area contributed by atoms with E-state index < -0.39 is 0 Å². The summed E-state index contributed by atoms with van der Waals surface area (Å²) in [4.78, 5) is 20.4.